The first-order valence-corrected chi connectivity index (χ1v) is 10.6. The minimum absolute atomic E-state index is 0.0722. The van der Waals surface area contributed by atoms with Crippen molar-refractivity contribution in [2.75, 3.05) is 0 Å². The van der Waals surface area contributed by atoms with Crippen LogP contribution in [0, 0.1) is 11.8 Å². The molecule has 4 heteroatoms. The summed E-state index contributed by atoms with van der Waals surface area (Å²) >= 11 is 0. The number of nitrogens with zero attached hydrogens (tertiary/aromatic N) is 2. The third-order valence-corrected chi connectivity index (χ3v) is 7.20. The van der Waals surface area contributed by atoms with E-state index in [2.05, 4.69) is 36.4 Å². The zero-order valence-corrected chi connectivity index (χ0v) is 17.4. The molecule has 3 unspecified atom stereocenters. The third kappa shape index (κ3) is 2.53. The highest BCUT2D eigenvalue weighted by Gasteiger charge is 2.55. The van der Waals surface area contributed by atoms with Crippen molar-refractivity contribution < 1.29 is 9.90 Å². The van der Waals surface area contributed by atoms with Gasteiger partial charge < -0.3 is 5.11 Å². The predicted molar refractivity (Wildman–Crippen MR) is 117 cm³/mol. The van der Waals surface area contributed by atoms with Crippen molar-refractivity contribution >= 4 is 5.78 Å². The molecule has 0 spiro atoms. The minimum atomic E-state index is -0.383. The average Bonchev–Trinajstić information content (AvgIpc) is 3.14. The van der Waals surface area contributed by atoms with Crippen molar-refractivity contribution in [3.8, 4) is 11.3 Å². The van der Waals surface area contributed by atoms with Crippen LogP contribution < -0.4 is 0 Å². The van der Waals surface area contributed by atoms with E-state index in [1.54, 1.807) is 0 Å². The Hall–Kier alpha value is -3.14. The number of carbonyl (C=O) groups excluding carboxylic acids is 1. The highest BCUT2D eigenvalue weighted by Crippen LogP contribution is 2.57. The number of hydrogen-bond acceptors (Lipinski definition) is 3. The van der Waals surface area contributed by atoms with Gasteiger partial charge in [-0.25, -0.2) is 0 Å². The Balaban J connectivity index is 1.81. The Kier molecular flexibility index (Phi) is 4.39. The molecule has 30 heavy (non-hydrogen) atoms. The monoisotopic (exact) mass is 398 g/mol. The lowest BCUT2D eigenvalue weighted by atomic mass is 9.52. The Morgan fingerprint density at radius 3 is 2.43 bits per heavy atom. The van der Waals surface area contributed by atoms with Crippen LogP contribution in [0.5, 0.6) is 0 Å². The first-order valence-electron chi connectivity index (χ1n) is 10.6. The largest absolute Gasteiger partial charge is 0.515 e. The fourth-order valence-corrected chi connectivity index (χ4v) is 5.96. The molecule has 1 N–H and O–H groups in total. The van der Waals surface area contributed by atoms with Crippen molar-refractivity contribution in [3.63, 3.8) is 0 Å². The molecular weight excluding hydrogens is 372 g/mol. The maximum absolute atomic E-state index is 13.0. The van der Waals surface area contributed by atoms with Gasteiger partial charge in [0.15, 0.2) is 5.78 Å². The van der Waals surface area contributed by atoms with Gasteiger partial charge in [-0.05, 0) is 30.7 Å². The molecule has 0 saturated heterocycles. The number of aromatic nitrogens is 2. The van der Waals surface area contributed by atoms with E-state index >= 15 is 0 Å². The lowest BCUT2D eigenvalue weighted by Crippen LogP contribution is -2.51. The number of aryl methyl sites for hydroxylation is 1. The van der Waals surface area contributed by atoms with Crippen LogP contribution in [0.2, 0.25) is 0 Å². The molecule has 5 rings (SSSR count). The minimum Gasteiger partial charge on any atom is -0.515 e. The molecule has 2 aliphatic carbocycles. The first-order chi connectivity index (χ1) is 14.6. The molecule has 1 fully saturated rings. The maximum Gasteiger partial charge on any atom is 0.165 e. The van der Waals surface area contributed by atoms with Gasteiger partial charge >= 0.3 is 0 Å². The van der Waals surface area contributed by atoms with Crippen LogP contribution in [-0.2, 0) is 23.7 Å². The lowest BCUT2D eigenvalue weighted by molar-refractivity contribution is -0.123. The summed E-state index contributed by atoms with van der Waals surface area (Å²) in [5.41, 5.74) is 5.92. The molecule has 3 aromatic rings. The number of hydrogen-bond donors (Lipinski definition) is 1. The molecule has 0 aliphatic heterocycles. The van der Waals surface area contributed by atoms with Crippen LogP contribution in [0.3, 0.4) is 0 Å². The number of benzene rings is 2. The number of allylic oxidation sites excluding steroid dienone is 1. The van der Waals surface area contributed by atoms with Crippen LogP contribution in [0.15, 0.2) is 72.5 Å². The van der Waals surface area contributed by atoms with Crippen molar-refractivity contribution in [1.82, 2.24) is 9.78 Å². The first kappa shape index (κ1) is 18.9. The summed E-state index contributed by atoms with van der Waals surface area (Å²) in [5.74, 6) is 0.0890. The fourth-order valence-electron chi connectivity index (χ4n) is 5.96. The fraction of sp³-hybridized carbons (Fsp3) is 0.308. The second-order valence-electron chi connectivity index (χ2n) is 8.63. The predicted octanol–water partition coefficient (Wildman–Crippen LogP) is 4.99. The second kappa shape index (κ2) is 6.98. The Morgan fingerprint density at radius 2 is 1.77 bits per heavy atom. The number of Topliss-reactive ketones (excluding diaryl/α,β-unsaturated/α-hetero) is 1. The van der Waals surface area contributed by atoms with Gasteiger partial charge in [0.25, 0.3) is 0 Å². The Morgan fingerprint density at radius 1 is 1.10 bits per heavy atom. The van der Waals surface area contributed by atoms with Gasteiger partial charge in [0.2, 0.25) is 0 Å². The zero-order valence-electron chi connectivity index (χ0n) is 17.4. The maximum atomic E-state index is 13.0. The molecule has 2 aliphatic rings. The van der Waals surface area contributed by atoms with Gasteiger partial charge in [-0.3, -0.25) is 9.48 Å². The van der Waals surface area contributed by atoms with Crippen molar-refractivity contribution in [2.24, 2.45) is 18.9 Å². The van der Waals surface area contributed by atoms with E-state index in [0.29, 0.717) is 12.0 Å². The molecule has 1 aromatic heterocycles. The van der Waals surface area contributed by atoms with E-state index in [9.17, 15) is 9.90 Å². The van der Waals surface area contributed by atoms with Crippen molar-refractivity contribution in [1.29, 1.82) is 0 Å². The quantitative estimate of drug-likeness (QED) is 0.489. The van der Waals surface area contributed by atoms with E-state index in [1.165, 1.54) is 16.8 Å². The number of aliphatic hydroxyl groups is 1. The molecule has 3 atom stereocenters. The normalized spacial score (nSPS) is 27.0. The smallest absolute Gasteiger partial charge is 0.165 e. The van der Waals surface area contributed by atoms with Gasteiger partial charge in [-0.2, -0.15) is 5.10 Å². The van der Waals surface area contributed by atoms with E-state index in [0.717, 1.165) is 30.4 Å². The van der Waals surface area contributed by atoms with Gasteiger partial charge in [0.1, 0.15) is 0 Å². The summed E-state index contributed by atoms with van der Waals surface area (Å²) in [6, 6.07) is 20.8. The van der Waals surface area contributed by atoms with E-state index in [4.69, 9.17) is 5.10 Å². The van der Waals surface area contributed by atoms with Crippen molar-refractivity contribution in [2.45, 2.75) is 31.6 Å². The van der Waals surface area contributed by atoms with Gasteiger partial charge in [0, 0.05) is 35.1 Å². The second-order valence-corrected chi connectivity index (χ2v) is 8.63. The summed E-state index contributed by atoms with van der Waals surface area (Å²) in [6.45, 7) is 2.02. The SMILES string of the molecule is CC1C(=O)/C(=C\O)CC2(c3ccccc3)c3c(c(-c4ccccc4)nn3C)CCC12. The van der Waals surface area contributed by atoms with E-state index in [1.807, 2.05) is 42.9 Å². The molecule has 1 saturated carbocycles. The molecule has 0 amide bonds. The third-order valence-electron chi connectivity index (χ3n) is 7.20. The highest BCUT2D eigenvalue weighted by molar-refractivity contribution is 5.98. The van der Waals surface area contributed by atoms with E-state index in [-0.39, 0.29) is 23.0 Å². The van der Waals surface area contributed by atoms with Crippen LogP contribution in [-0.4, -0.2) is 20.7 Å². The Labute approximate surface area is 176 Å². The van der Waals surface area contributed by atoms with Crippen LogP contribution in [0.1, 0.15) is 36.6 Å². The number of aliphatic hydroxyl groups excluding tert-OH is 1. The topological polar surface area (TPSA) is 55.1 Å². The molecule has 0 bridgehead atoms. The number of rotatable bonds is 2. The summed E-state index contributed by atoms with van der Waals surface area (Å²) in [7, 11) is 2.02. The van der Waals surface area contributed by atoms with Crippen LogP contribution >= 0.6 is 0 Å². The number of fused-ring (bicyclic) bond motifs is 3. The summed E-state index contributed by atoms with van der Waals surface area (Å²) < 4.78 is 2.02. The molecule has 152 valence electrons. The standard InChI is InChI=1S/C26H26N2O2/c1-17-22-14-13-21-23(18-9-5-3-6-10-18)27-28(2)25(21)26(22,15-19(16-29)24(17)30)20-11-7-4-8-12-20/h3-12,16-17,22,29H,13-15H2,1-2H3/b19-16-. The zero-order chi connectivity index (χ0) is 20.9. The summed E-state index contributed by atoms with van der Waals surface area (Å²) in [6.07, 6.45) is 3.37. The number of ketones is 1. The van der Waals surface area contributed by atoms with Crippen LogP contribution in [0.25, 0.3) is 11.3 Å². The molecule has 2 aromatic carbocycles. The van der Waals surface area contributed by atoms with Gasteiger partial charge in [-0.15, -0.1) is 0 Å². The van der Waals surface area contributed by atoms with Gasteiger partial charge in [0.05, 0.1) is 17.6 Å². The highest BCUT2D eigenvalue weighted by atomic mass is 16.2. The van der Waals surface area contributed by atoms with Crippen LogP contribution in [0.4, 0.5) is 0 Å². The summed E-state index contributed by atoms with van der Waals surface area (Å²) in [5, 5.41) is 14.9. The molecule has 0 radical (unpaired) electrons. The van der Waals surface area contributed by atoms with Crippen molar-refractivity contribution in [3.05, 3.63) is 89.3 Å². The molecular formula is C26H26N2O2. The van der Waals surface area contributed by atoms with E-state index < -0.39 is 0 Å². The number of carbonyl (C=O) groups is 1. The van der Waals surface area contributed by atoms with Gasteiger partial charge in [-0.1, -0.05) is 67.6 Å². The lowest BCUT2D eigenvalue weighted by Gasteiger charge is -2.50. The molecule has 4 nitrogen and oxygen atoms in total. The summed E-state index contributed by atoms with van der Waals surface area (Å²) in [4.78, 5) is 13.0. The Bertz CT molecular complexity index is 1130. The average molecular weight is 399 g/mol. The molecule has 1 heterocycles.